The summed E-state index contributed by atoms with van der Waals surface area (Å²) in [7, 11) is 0. The first-order valence-electron chi connectivity index (χ1n) is 4.71. The third-order valence-corrected chi connectivity index (χ3v) is 3.18. The molecule has 1 rings (SSSR count). The first kappa shape index (κ1) is 13.5. The number of aliphatic hydroxyl groups is 1. The van der Waals surface area contributed by atoms with Crippen molar-refractivity contribution in [3.05, 3.63) is 14.7 Å². The maximum atomic E-state index is 11.5. The molecule has 0 unspecified atom stereocenters. The smallest absolute Gasteiger partial charge is 0.412 e. The van der Waals surface area contributed by atoms with Crippen molar-refractivity contribution >= 4 is 39.0 Å². The molecule has 1 amide bonds. The lowest BCUT2D eigenvalue weighted by molar-refractivity contribution is 0.0636. The number of halogens is 1. The molecule has 1 aromatic heterocycles. The predicted octanol–water partition coefficient (Wildman–Crippen LogP) is 3.35. The number of ether oxygens (including phenoxy) is 1. The summed E-state index contributed by atoms with van der Waals surface area (Å²) < 4.78 is 5.96. The Kier molecular flexibility index (Phi) is 4.35. The van der Waals surface area contributed by atoms with Crippen molar-refractivity contribution in [2.75, 3.05) is 5.32 Å². The van der Waals surface area contributed by atoms with Gasteiger partial charge in [-0.1, -0.05) is 0 Å². The SMILES string of the molecule is CC(C)(C)OC(=O)Nc1cc(Br)sc1CO. The number of carbonyl (C=O) groups is 1. The van der Waals surface area contributed by atoms with E-state index in [1.54, 1.807) is 26.8 Å². The monoisotopic (exact) mass is 307 g/mol. The van der Waals surface area contributed by atoms with Crippen LogP contribution in [0.1, 0.15) is 25.6 Å². The van der Waals surface area contributed by atoms with Crippen LogP contribution < -0.4 is 5.32 Å². The van der Waals surface area contributed by atoms with Crippen molar-refractivity contribution in [3.8, 4) is 0 Å². The fraction of sp³-hybridized carbons (Fsp3) is 0.500. The van der Waals surface area contributed by atoms with E-state index in [-0.39, 0.29) is 6.61 Å². The fourth-order valence-electron chi connectivity index (χ4n) is 1.03. The summed E-state index contributed by atoms with van der Waals surface area (Å²) in [4.78, 5) is 12.2. The van der Waals surface area contributed by atoms with Gasteiger partial charge in [-0.3, -0.25) is 5.32 Å². The molecular formula is C10H14BrNO3S. The summed E-state index contributed by atoms with van der Waals surface area (Å²) in [6.45, 7) is 5.27. The van der Waals surface area contributed by atoms with Crippen LogP contribution in [0, 0.1) is 0 Å². The van der Waals surface area contributed by atoms with Gasteiger partial charge in [0.25, 0.3) is 0 Å². The van der Waals surface area contributed by atoms with Gasteiger partial charge in [-0.15, -0.1) is 11.3 Å². The van der Waals surface area contributed by atoms with Gasteiger partial charge in [-0.2, -0.15) is 0 Å². The van der Waals surface area contributed by atoms with E-state index in [2.05, 4.69) is 21.2 Å². The molecule has 0 aliphatic heterocycles. The zero-order valence-corrected chi connectivity index (χ0v) is 11.7. The molecule has 0 radical (unpaired) electrons. The highest BCUT2D eigenvalue weighted by Crippen LogP contribution is 2.31. The van der Waals surface area contributed by atoms with Gasteiger partial charge < -0.3 is 9.84 Å². The second-order valence-electron chi connectivity index (χ2n) is 4.17. The summed E-state index contributed by atoms with van der Waals surface area (Å²) in [6, 6.07) is 1.74. The molecule has 0 saturated heterocycles. The molecule has 16 heavy (non-hydrogen) atoms. The van der Waals surface area contributed by atoms with E-state index in [0.717, 1.165) is 3.79 Å². The van der Waals surface area contributed by atoms with Crippen LogP contribution in [-0.4, -0.2) is 16.8 Å². The van der Waals surface area contributed by atoms with Gasteiger partial charge in [-0.25, -0.2) is 4.79 Å². The molecule has 0 spiro atoms. The van der Waals surface area contributed by atoms with Crippen molar-refractivity contribution < 1.29 is 14.6 Å². The highest BCUT2D eigenvalue weighted by molar-refractivity contribution is 9.11. The maximum Gasteiger partial charge on any atom is 0.412 e. The van der Waals surface area contributed by atoms with Crippen molar-refractivity contribution in [2.45, 2.75) is 33.0 Å². The molecular weight excluding hydrogens is 294 g/mol. The fourth-order valence-corrected chi connectivity index (χ4v) is 2.54. The van der Waals surface area contributed by atoms with Crippen LogP contribution in [0.4, 0.5) is 10.5 Å². The van der Waals surface area contributed by atoms with E-state index < -0.39 is 11.7 Å². The molecule has 4 nitrogen and oxygen atoms in total. The van der Waals surface area contributed by atoms with E-state index in [9.17, 15) is 4.79 Å². The van der Waals surface area contributed by atoms with Crippen LogP contribution in [0.3, 0.4) is 0 Å². The molecule has 0 atom stereocenters. The number of rotatable bonds is 2. The van der Waals surface area contributed by atoms with Crippen LogP contribution in [0.15, 0.2) is 9.85 Å². The molecule has 90 valence electrons. The summed E-state index contributed by atoms with van der Waals surface area (Å²) >= 11 is 4.66. The third-order valence-electron chi connectivity index (χ3n) is 1.56. The topological polar surface area (TPSA) is 58.6 Å². The highest BCUT2D eigenvalue weighted by atomic mass is 79.9. The van der Waals surface area contributed by atoms with E-state index in [4.69, 9.17) is 9.84 Å². The minimum absolute atomic E-state index is 0.110. The minimum Gasteiger partial charge on any atom is -0.444 e. The summed E-state index contributed by atoms with van der Waals surface area (Å²) in [5.74, 6) is 0. The molecule has 0 bridgehead atoms. The zero-order valence-electron chi connectivity index (χ0n) is 9.33. The number of anilines is 1. The van der Waals surface area contributed by atoms with Gasteiger partial charge in [-0.05, 0) is 42.8 Å². The van der Waals surface area contributed by atoms with E-state index in [1.807, 2.05) is 0 Å². The zero-order chi connectivity index (χ0) is 12.3. The van der Waals surface area contributed by atoms with Crippen LogP contribution in [0.25, 0.3) is 0 Å². The Labute approximate surface area is 107 Å². The molecule has 1 heterocycles. The predicted molar refractivity (Wildman–Crippen MR) is 67.8 cm³/mol. The van der Waals surface area contributed by atoms with Crippen LogP contribution in [-0.2, 0) is 11.3 Å². The minimum atomic E-state index is -0.531. The number of thiophene rings is 1. The van der Waals surface area contributed by atoms with Crippen molar-refractivity contribution in [3.63, 3.8) is 0 Å². The van der Waals surface area contributed by atoms with Gasteiger partial charge in [0, 0.05) is 0 Å². The standard InChI is InChI=1S/C10H14BrNO3S/c1-10(2,3)15-9(14)12-6-4-8(11)16-7(6)5-13/h4,13H,5H2,1-3H3,(H,12,14). The Bertz CT molecular complexity index is 384. The average Bonchev–Trinajstić information content (AvgIpc) is 2.42. The Morgan fingerprint density at radius 1 is 1.62 bits per heavy atom. The Balaban J connectivity index is 2.69. The van der Waals surface area contributed by atoms with Crippen LogP contribution >= 0.6 is 27.3 Å². The van der Waals surface area contributed by atoms with E-state index in [0.29, 0.717) is 10.6 Å². The van der Waals surface area contributed by atoms with E-state index >= 15 is 0 Å². The normalized spacial score (nSPS) is 11.3. The Morgan fingerprint density at radius 2 is 2.25 bits per heavy atom. The van der Waals surface area contributed by atoms with Gasteiger partial charge in [0.05, 0.1) is 21.0 Å². The van der Waals surface area contributed by atoms with Gasteiger partial charge in [0.15, 0.2) is 0 Å². The Hall–Kier alpha value is -0.590. The highest BCUT2D eigenvalue weighted by Gasteiger charge is 2.18. The third kappa shape index (κ3) is 4.11. The van der Waals surface area contributed by atoms with Crippen LogP contribution in [0.5, 0.6) is 0 Å². The molecule has 0 fully saturated rings. The number of aliphatic hydroxyl groups excluding tert-OH is 1. The molecule has 1 aromatic rings. The second kappa shape index (κ2) is 5.16. The average molecular weight is 308 g/mol. The van der Waals surface area contributed by atoms with Gasteiger partial charge in [0.1, 0.15) is 5.60 Å². The Morgan fingerprint density at radius 3 is 2.75 bits per heavy atom. The second-order valence-corrected chi connectivity index (χ2v) is 6.69. The van der Waals surface area contributed by atoms with Crippen LogP contribution in [0.2, 0.25) is 0 Å². The lowest BCUT2D eigenvalue weighted by atomic mass is 10.2. The first-order chi connectivity index (χ1) is 7.31. The number of hydrogen-bond donors (Lipinski definition) is 2. The molecule has 6 heteroatoms. The summed E-state index contributed by atoms with van der Waals surface area (Å²) in [5, 5.41) is 11.7. The summed E-state index contributed by atoms with van der Waals surface area (Å²) in [5.41, 5.74) is 0.0464. The van der Waals surface area contributed by atoms with Crippen molar-refractivity contribution in [1.82, 2.24) is 0 Å². The van der Waals surface area contributed by atoms with Gasteiger partial charge in [0.2, 0.25) is 0 Å². The molecule has 0 aromatic carbocycles. The number of nitrogens with one attached hydrogen (secondary N) is 1. The molecule has 0 aliphatic rings. The molecule has 0 aliphatic carbocycles. The van der Waals surface area contributed by atoms with Gasteiger partial charge >= 0.3 is 6.09 Å². The summed E-state index contributed by atoms with van der Waals surface area (Å²) in [6.07, 6.45) is -0.521. The largest absolute Gasteiger partial charge is 0.444 e. The molecule has 2 N–H and O–H groups in total. The van der Waals surface area contributed by atoms with Crippen molar-refractivity contribution in [2.24, 2.45) is 0 Å². The van der Waals surface area contributed by atoms with E-state index in [1.165, 1.54) is 11.3 Å². The molecule has 0 saturated carbocycles. The lowest BCUT2D eigenvalue weighted by Gasteiger charge is -2.19. The maximum absolute atomic E-state index is 11.5. The van der Waals surface area contributed by atoms with Crippen molar-refractivity contribution in [1.29, 1.82) is 0 Å². The quantitative estimate of drug-likeness (QED) is 0.881. The lowest BCUT2D eigenvalue weighted by Crippen LogP contribution is -2.27. The number of carbonyl (C=O) groups excluding carboxylic acids is 1. The number of amides is 1. The number of hydrogen-bond acceptors (Lipinski definition) is 4. The first-order valence-corrected chi connectivity index (χ1v) is 6.32.